The van der Waals surface area contributed by atoms with Crippen LogP contribution in [0.5, 0.6) is 0 Å². The van der Waals surface area contributed by atoms with Gasteiger partial charge in [0.05, 0.1) is 11.9 Å². The monoisotopic (exact) mass is 337 g/mol. The van der Waals surface area contributed by atoms with Crippen LogP contribution < -0.4 is 10.6 Å². The fraction of sp³-hybridized carbons (Fsp3) is 0.688. The summed E-state index contributed by atoms with van der Waals surface area (Å²) in [7, 11) is 0. The number of anilines is 1. The molecule has 20 heavy (non-hydrogen) atoms. The van der Waals surface area contributed by atoms with Crippen LogP contribution in [0.25, 0.3) is 0 Å². The van der Waals surface area contributed by atoms with Crippen molar-refractivity contribution in [3.05, 3.63) is 22.4 Å². The lowest BCUT2D eigenvalue weighted by atomic mass is 9.88. The van der Waals surface area contributed by atoms with E-state index in [4.69, 9.17) is 0 Å². The average molecular weight is 338 g/mol. The Labute approximate surface area is 130 Å². The zero-order valence-electron chi connectivity index (χ0n) is 12.2. The molecular weight excluding hydrogens is 314 g/mol. The molecule has 2 N–H and O–H groups in total. The molecule has 1 aliphatic heterocycles. The molecule has 3 nitrogen and oxygen atoms in total. The first-order chi connectivity index (χ1) is 9.74. The molecule has 0 bridgehead atoms. The molecule has 1 saturated carbocycles. The Morgan fingerprint density at radius 2 is 2.15 bits per heavy atom. The smallest absolute Gasteiger partial charge is 0.109 e. The fourth-order valence-corrected chi connectivity index (χ4v) is 3.96. The maximum absolute atomic E-state index is 4.40. The topological polar surface area (TPSA) is 37.0 Å². The summed E-state index contributed by atoms with van der Waals surface area (Å²) in [5, 5.41) is 7.47. The molecule has 3 unspecified atom stereocenters. The van der Waals surface area contributed by atoms with Gasteiger partial charge in [0.1, 0.15) is 4.60 Å². The van der Waals surface area contributed by atoms with E-state index in [2.05, 4.69) is 44.5 Å². The molecule has 1 aromatic heterocycles. The van der Waals surface area contributed by atoms with Crippen molar-refractivity contribution < 1.29 is 0 Å². The summed E-state index contributed by atoms with van der Waals surface area (Å²) in [4.78, 5) is 4.40. The third kappa shape index (κ3) is 3.17. The maximum Gasteiger partial charge on any atom is 0.109 e. The molecule has 0 amide bonds. The zero-order valence-corrected chi connectivity index (χ0v) is 13.7. The highest BCUT2D eigenvalue weighted by atomic mass is 79.9. The van der Waals surface area contributed by atoms with Gasteiger partial charge < -0.3 is 10.6 Å². The Kier molecular flexibility index (Phi) is 4.61. The fourth-order valence-electron chi connectivity index (χ4n) is 3.74. The predicted octanol–water partition coefficient (Wildman–Crippen LogP) is 3.88. The van der Waals surface area contributed by atoms with E-state index >= 15 is 0 Å². The van der Waals surface area contributed by atoms with Gasteiger partial charge in [-0.15, -0.1) is 0 Å². The van der Waals surface area contributed by atoms with E-state index in [1.165, 1.54) is 56.3 Å². The number of nitrogens with zero attached hydrogens (tertiary/aromatic N) is 1. The Balaban J connectivity index is 1.67. The van der Waals surface area contributed by atoms with E-state index in [9.17, 15) is 0 Å². The zero-order chi connectivity index (χ0) is 13.9. The first-order valence-corrected chi connectivity index (χ1v) is 8.65. The highest BCUT2D eigenvalue weighted by molar-refractivity contribution is 9.10. The molecule has 1 aliphatic carbocycles. The lowest BCUT2D eigenvalue weighted by Crippen LogP contribution is -2.44. The Morgan fingerprint density at radius 3 is 2.90 bits per heavy atom. The van der Waals surface area contributed by atoms with Crippen LogP contribution in [0.1, 0.15) is 44.1 Å². The molecule has 0 radical (unpaired) electrons. The quantitative estimate of drug-likeness (QED) is 0.822. The summed E-state index contributed by atoms with van der Waals surface area (Å²) >= 11 is 3.47. The first-order valence-electron chi connectivity index (χ1n) is 7.86. The van der Waals surface area contributed by atoms with E-state index in [1.807, 2.05) is 6.20 Å². The van der Waals surface area contributed by atoms with Crippen molar-refractivity contribution in [2.24, 2.45) is 5.92 Å². The van der Waals surface area contributed by atoms with Crippen LogP contribution in [-0.4, -0.2) is 23.6 Å². The van der Waals surface area contributed by atoms with E-state index in [-0.39, 0.29) is 0 Å². The molecule has 1 saturated heterocycles. The van der Waals surface area contributed by atoms with Gasteiger partial charge in [-0.25, -0.2) is 4.98 Å². The number of nitrogens with one attached hydrogen (secondary N) is 2. The van der Waals surface area contributed by atoms with Gasteiger partial charge in [-0.2, -0.15) is 0 Å². The molecular formula is C16H24BrN3. The number of aryl methyl sites for hydroxylation is 1. The van der Waals surface area contributed by atoms with Gasteiger partial charge in [0.25, 0.3) is 0 Å². The number of rotatable bonds is 3. The molecule has 2 heterocycles. The van der Waals surface area contributed by atoms with E-state index in [1.54, 1.807) is 0 Å². The second-order valence-corrected chi connectivity index (χ2v) is 6.98. The van der Waals surface area contributed by atoms with Crippen molar-refractivity contribution in [3.63, 3.8) is 0 Å². The van der Waals surface area contributed by atoms with Crippen LogP contribution in [0.2, 0.25) is 0 Å². The summed E-state index contributed by atoms with van der Waals surface area (Å²) < 4.78 is 0.944. The van der Waals surface area contributed by atoms with E-state index < -0.39 is 0 Å². The predicted molar refractivity (Wildman–Crippen MR) is 87.1 cm³/mol. The van der Waals surface area contributed by atoms with Crippen LogP contribution in [-0.2, 0) is 0 Å². The van der Waals surface area contributed by atoms with Gasteiger partial charge >= 0.3 is 0 Å². The van der Waals surface area contributed by atoms with Crippen LogP contribution in [0, 0.1) is 12.8 Å². The van der Waals surface area contributed by atoms with Gasteiger partial charge in [-0.3, -0.25) is 0 Å². The summed E-state index contributed by atoms with van der Waals surface area (Å²) in [6.45, 7) is 3.30. The van der Waals surface area contributed by atoms with Gasteiger partial charge in [-0.05, 0) is 72.6 Å². The van der Waals surface area contributed by atoms with Crippen LogP contribution in [0.3, 0.4) is 0 Å². The van der Waals surface area contributed by atoms with Crippen molar-refractivity contribution in [3.8, 4) is 0 Å². The van der Waals surface area contributed by atoms with Crippen LogP contribution >= 0.6 is 15.9 Å². The Hall–Kier alpha value is -0.610. The summed E-state index contributed by atoms with van der Waals surface area (Å²) in [5.41, 5.74) is 2.36. The molecule has 1 aromatic rings. The third-order valence-corrected chi connectivity index (χ3v) is 5.63. The standard InChI is InChI=1S/C16H24BrN3/c1-11-9-12(10-19-16(11)17)20-15-7-4-5-13(15)14-6-2-3-8-18-14/h9-10,13-15,18,20H,2-8H2,1H3. The minimum absolute atomic E-state index is 0.605. The normalized spacial score (nSPS) is 30.4. The SMILES string of the molecule is Cc1cc(NC2CCCC2C2CCCCN2)cnc1Br. The number of pyridine rings is 1. The summed E-state index contributed by atoms with van der Waals surface area (Å²) in [6, 6.07) is 3.52. The second kappa shape index (κ2) is 6.44. The van der Waals surface area contributed by atoms with Crippen molar-refractivity contribution in [1.29, 1.82) is 0 Å². The lowest BCUT2D eigenvalue weighted by Gasteiger charge is -2.33. The molecule has 3 atom stereocenters. The number of aromatic nitrogens is 1. The van der Waals surface area contributed by atoms with Crippen molar-refractivity contribution in [1.82, 2.24) is 10.3 Å². The lowest BCUT2D eigenvalue weighted by molar-refractivity contribution is 0.286. The number of hydrogen-bond donors (Lipinski definition) is 2. The van der Waals surface area contributed by atoms with Crippen molar-refractivity contribution in [2.75, 3.05) is 11.9 Å². The van der Waals surface area contributed by atoms with Crippen LogP contribution in [0.15, 0.2) is 16.9 Å². The maximum atomic E-state index is 4.40. The average Bonchev–Trinajstić information content (AvgIpc) is 2.92. The minimum atomic E-state index is 0.605. The molecule has 2 aliphatic rings. The molecule has 2 fully saturated rings. The molecule has 110 valence electrons. The van der Waals surface area contributed by atoms with E-state index in [0.29, 0.717) is 12.1 Å². The van der Waals surface area contributed by atoms with Crippen molar-refractivity contribution in [2.45, 2.75) is 57.5 Å². The summed E-state index contributed by atoms with van der Waals surface area (Å²) in [6.07, 6.45) is 10.0. The van der Waals surface area contributed by atoms with Gasteiger partial charge in [0, 0.05) is 12.1 Å². The van der Waals surface area contributed by atoms with Gasteiger partial charge in [0.2, 0.25) is 0 Å². The molecule has 0 aromatic carbocycles. The van der Waals surface area contributed by atoms with Crippen molar-refractivity contribution >= 4 is 21.6 Å². The highest BCUT2D eigenvalue weighted by Gasteiger charge is 2.34. The third-order valence-electron chi connectivity index (χ3n) is 4.80. The van der Waals surface area contributed by atoms with Gasteiger partial charge in [-0.1, -0.05) is 12.8 Å². The number of piperidine rings is 1. The van der Waals surface area contributed by atoms with Crippen LogP contribution in [0.4, 0.5) is 5.69 Å². The first kappa shape index (κ1) is 14.3. The summed E-state index contributed by atoms with van der Waals surface area (Å²) in [5.74, 6) is 0.777. The number of hydrogen-bond acceptors (Lipinski definition) is 3. The Bertz CT molecular complexity index is 457. The Morgan fingerprint density at radius 1 is 1.25 bits per heavy atom. The largest absolute Gasteiger partial charge is 0.381 e. The molecule has 0 spiro atoms. The minimum Gasteiger partial charge on any atom is -0.381 e. The second-order valence-electron chi connectivity index (χ2n) is 6.23. The van der Waals surface area contributed by atoms with Gasteiger partial charge in [0.15, 0.2) is 0 Å². The number of halogens is 1. The molecule has 4 heteroatoms. The van der Waals surface area contributed by atoms with E-state index in [0.717, 1.165) is 10.5 Å². The highest BCUT2D eigenvalue weighted by Crippen LogP contribution is 2.34. The molecule has 3 rings (SSSR count).